The van der Waals surface area contributed by atoms with E-state index in [-0.39, 0.29) is 24.0 Å². The summed E-state index contributed by atoms with van der Waals surface area (Å²) in [5.41, 5.74) is 4.63. The zero-order valence-electron chi connectivity index (χ0n) is 18.6. The first-order chi connectivity index (χ1) is 15.6. The van der Waals surface area contributed by atoms with Gasteiger partial charge in [-0.15, -0.1) is 10.2 Å². The van der Waals surface area contributed by atoms with Gasteiger partial charge >= 0.3 is 0 Å². The zero-order chi connectivity index (χ0) is 22.1. The molecule has 3 atom stereocenters. The number of hydrogen-bond donors (Lipinski definition) is 1. The molecule has 2 aromatic carbocycles. The fourth-order valence-electron chi connectivity index (χ4n) is 5.01. The maximum atomic E-state index is 10.4. The van der Waals surface area contributed by atoms with E-state index in [0.717, 1.165) is 41.9 Å². The number of aromatic hydroxyl groups is 1. The van der Waals surface area contributed by atoms with Crippen molar-refractivity contribution < 1.29 is 14.6 Å². The number of benzene rings is 2. The lowest BCUT2D eigenvalue weighted by molar-refractivity contribution is 0.00592. The van der Waals surface area contributed by atoms with Crippen LogP contribution in [-0.4, -0.2) is 46.7 Å². The summed E-state index contributed by atoms with van der Waals surface area (Å²) in [6, 6.07) is 18.3. The number of morpholine rings is 1. The maximum Gasteiger partial charge on any atom is 0.151 e. The number of rotatable bonds is 5. The van der Waals surface area contributed by atoms with Gasteiger partial charge in [-0.25, -0.2) is 0 Å². The highest BCUT2D eigenvalue weighted by Crippen LogP contribution is 2.36. The van der Waals surface area contributed by atoms with E-state index in [1.807, 2.05) is 50.2 Å². The van der Waals surface area contributed by atoms with Crippen molar-refractivity contribution in [2.24, 2.45) is 0 Å². The van der Waals surface area contributed by atoms with E-state index in [1.165, 1.54) is 5.56 Å². The molecule has 3 aromatic rings. The Bertz CT molecular complexity index is 1050. The average molecular weight is 432 g/mol. The molecule has 0 radical (unpaired) electrons. The first-order valence-electron chi connectivity index (χ1n) is 11.3. The average Bonchev–Trinajstić information content (AvgIpc) is 3.21. The minimum absolute atomic E-state index is 0.148. The summed E-state index contributed by atoms with van der Waals surface area (Å²) < 4.78 is 12.3. The van der Waals surface area contributed by atoms with Crippen LogP contribution in [-0.2, 0) is 16.1 Å². The van der Waals surface area contributed by atoms with Crippen molar-refractivity contribution in [1.82, 2.24) is 10.2 Å². The Morgan fingerprint density at radius 3 is 2.66 bits per heavy atom. The highest BCUT2D eigenvalue weighted by atomic mass is 16.5. The third-order valence-corrected chi connectivity index (χ3v) is 6.48. The topological polar surface area (TPSA) is 67.7 Å². The van der Waals surface area contributed by atoms with Crippen LogP contribution in [0.2, 0.25) is 0 Å². The number of anilines is 1. The van der Waals surface area contributed by atoms with Crippen LogP contribution in [0.1, 0.15) is 29.5 Å². The molecule has 166 valence electrons. The number of phenols is 1. The van der Waals surface area contributed by atoms with Crippen molar-refractivity contribution in [3.05, 3.63) is 71.3 Å². The number of phenolic OH excluding ortho intramolecular Hbond substituents is 1. The first kappa shape index (κ1) is 20.9. The normalized spacial score (nSPS) is 22.7. The molecule has 5 rings (SSSR count). The van der Waals surface area contributed by atoms with Crippen LogP contribution in [0.5, 0.6) is 5.75 Å². The fraction of sp³-hybridized carbons (Fsp3) is 0.385. The van der Waals surface area contributed by atoms with Crippen LogP contribution in [0.4, 0.5) is 5.82 Å². The lowest BCUT2D eigenvalue weighted by Gasteiger charge is -2.38. The van der Waals surface area contributed by atoms with Gasteiger partial charge in [-0.05, 0) is 55.2 Å². The largest absolute Gasteiger partial charge is 0.507 e. The van der Waals surface area contributed by atoms with Gasteiger partial charge in [0.1, 0.15) is 5.75 Å². The summed E-state index contributed by atoms with van der Waals surface area (Å²) in [5, 5.41) is 19.4. The van der Waals surface area contributed by atoms with Crippen molar-refractivity contribution in [2.45, 2.75) is 51.5 Å². The third kappa shape index (κ3) is 4.20. The van der Waals surface area contributed by atoms with E-state index in [2.05, 4.69) is 27.2 Å². The molecular weight excluding hydrogens is 402 g/mol. The third-order valence-electron chi connectivity index (χ3n) is 6.48. The summed E-state index contributed by atoms with van der Waals surface area (Å²) in [6.45, 7) is 6.04. The van der Waals surface area contributed by atoms with Gasteiger partial charge in [0.25, 0.3) is 0 Å². The number of fused-ring (bicyclic) bond motifs is 1. The minimum Gasteiger partial charge on any atom is -0.507 e. The maximum absolute atomic E-state index is 10.4. The second-order valence-electron chi connectivity index (χ2n) is 8.81. The monoisotopic (exact) mass is 431 g/mol. The summed E-state index contributed by atoms with van der Waals surface area (Å²) in [4.78, 5) is 2.30. The number of aromatic nitrogens is 2. The van der Waals surface area contributed by atoms with Gasteiger partial charge in [0, 0.05) is 18.5 Å². The summed E-state index contributed by atoms with van der Waals surface area (Å²) in [6.07, 6.45) is 2.13. The molecule has 1 aliphatic carbocycles. The van der Waals surface area contributed by atoms with Crippen molar-refractivity contribution in [2.75, 3.05) is 18.1 Å². The molecule has 0 amide bonds. The van der Waals surface area contributed by atoms with E-state index in [1.54, 1.807) is 6.07 Å². The van der Waals surface area contributed by atoms with Crippen LogP contribution in [0.25, 0.3) is 11.3 Å². The Labute approximate surface area is 188 Å². The molecule has 32 heavy (non-hydrogen) atoms. The van der Waals surface area contributed by atoms with Gasteiger partial charge in [-0.3, -0.25) is 0 Å². The predicted octanol–water partition coefficient (Wildman–Crippen LogP) is 4.42. The standard InChI is InChI=1S/C26H29N3O3/c1-17-12-18(2)26(23(30)13-17)21-8-9-25(28-27-21)29-10-11-31-24-15-20(14-22(24)29)32-16-19-6-4-3-5-7-19/h3-9,12-13,20,22,24,30H,10-11,14-16H2,1-2H3/t20-,22-,24+/m1/s1. The Morgan fingerprint density at radius 1 is 1.06 bits per heavy atom. The highest BCUT2D eigenvalue weighted by molar-refractivity contribution is 5.71. The van der Waals surface area contributed by atoms with Gasteiger partial charge in [-0.2, -0.15) is 0 Å². The molecule has 0 unspecified atom stereocenters. The summed E-state index contributed by atoms with van der Waals surface area (Å²) >= 11 is 0. The molecule has 1 N–H and O–H groups in total. The first-order valence-corrected chi connectivity index (χ1v) is 11.3. The van der Waals surface area contributed by atoms with Crippen molar-refractivity contribution in [3.63, 3.8) is 0 Å². The van der Waals surface area contributed by atoms with E-state index in [0.29, 0.717) is 18.9 Å². The molecule has 6 nitrogen and oxygen atoms in total. The van der Waals surface area contributed by atoms with Gasteiger partial charge in [-0.1, -0.05) is 36.4 Å². The highest BCUT2D eigenvalue weighted by Gasteiger charge is 2.42. The second-order valence-corrected chi connectivity index (χ2v) is 8.81. The van der Waals surface area contributed by atoms with Crippen LogP contribution in [0, 0.1) is 13.8 Å². The Hall–Kier alpha value is -2.96. The zero-order valence-corrected chi connectivity index (χ0v) is 18.6. The number of aryl methyl sites for hydroxylation is 2. The van der Waals surface area contributed by atoms with Crippen LogP contribution < -0.4 is 4.90 Å². The molecule has 1 saturated heterocycles. The Morgan fingerprint density at radius 2 is 1.91 bits per heavy atom. The van der Waals surface area contributed by atoms with Crippen molar-refractivity contribution >= 4 is 5.82 Å². The summed E-state index contributed by atoms with van der Waals surface area (Å²) in [5.74, 6) is 1.09. The Kier molecular flexibility index (Phi) is 5.81. The van der Waals surface area contributed by atoms with E-state index in [9.17, 15) is 5.11 Å². The molecule has 1 saturated carbocycles. The van der Waals surface area contributed by atoms with E-state index in [4.69, 9.17) is 9.47 Å². The molecule has 2 fully saturated rings. The number of hydrogen-bond acceptors (Lipinski definition) is 6. The van der Waals surface area contributed by atoms with Gasteiger partial charge in [0.15, 0.2) is 5.82 Å². The molecule has 2 aliphatic rings. The lowest BCUT2D eigenvalue weighted by atomic mass is 10.0. The molecule has 0 spiro atoms. The molecule has 2 heterocycles. The van der Waals surface area contributed by atoms with E-state index < -0.39 is 0 Å². The number of nitrogens with zero attached hydrogens (tertiary/aromatic N) is 3. The lowest BCUT2D eigenvalue weighted by Crippen LogP contribution is -2.49. The molecule has 6 heteroatoms. The molecule has 0 bridgehead atoms. The van der Waals surface area contributed by atoms with Crippen LogP contribution in [0.3, 0.4) is 0 Å². The van der Waals surface area contributed by atoms with Gasteiger partial charge < -0.3 is 19.5 Å². The van der Waals surface area contributed by atoms with Crippen molar-refractivity contribution in [1.29, 1.82) is 0 Å². The van der Waals surface area contributed by atoms with E-state index >= 15 is 0 Å². The Balaban J connectivity index is 1.30. The molecule has 1 aliphatic heterocycles. The van der Waals surface area contributed by atoms with Crippen LogP contribution >= 0.6 is 0 Å². The van der Waals surface area contributed by atoms with Crippen molar-refractivity contribution in [3.8, 4) is 17.0 Å². The predicted molar refractivity (Wildman–Crippen MR) is 124 cm³/mol. The molecule has 1 aromatic heterocycles. The smallest absolute Gasteiger partial charge is 0.151 e. The van der Waals surface area contributed by atoms with Crippen LogP contribution in [0.15, 0.2) is 54.6 Å². The fourth-order valence-corrected chi connectivity index (χ4v) is 5.01. The SMILES string of the molecule is Cc1cc(C)c(-c2ccc(N3CCO[C@H]4C[C@H](OCc5ccccc5)C[C@H]43)nn2)c(O)c1. The summed E-state index contributed by atoms with van der Waals surface area (Å²) in [7, 11) is 0. The minimum atomic E-state index is 0.148. The van der Waals surface area contributed by atoms with Gasteiger partial charge in [0.2, 0.25) is 0 Å². The quantitative estimate of drug-likeness (QED) is 0.645. The number of ether oxygens (including phenoxy) is 2. The molecular formula is C26H29N3O3. The van der Waals surface area contributed by atoms with Gasteiger partial charge in [0.05, 0.1) is 37.2 Å². The second kappa shape index (κ2) is 8.88.